The molecule has 1 saturated heterocycles. The zero-order valence-corrected chi connectivity index (χ0v) is 16.8. The molecule has 0 N–H and O–H groups in total. The monoisotopic (exact) mass is 439 g/mol. The van der Waals surface area contributed by atoms with E-state index in [0.717, 1.165) is 12.1 Å². The lowest BCUT2D eigenvalue weighted by Gasteiger charge is -2.36. The van der Waals surface area contributed by atoms with Crippen LogP contribution in [0.4, 0.5) is 24.5 Å². The minimum absolute atomic E-state index is 0.0899. The number of nitro groups is 1. The molecule has 1 fully saturated rings. The highest BCUT2D eigenvalue weighted by Crippen LogP contribution is 2.37. The van der Waals surface area contributed by atoms with Crippen LogP contribution in [0.15, 0.2) is 36.4 Å². The molecule has 2 aromatic carbocycles. The summed E-state index contributed by atoms with van der Waals surface area (Å²) in [5.74, 6) is 0.610. The number of methoxy groups -OCH3 is 2. The summed E-state index contributed by atoms with van der Waals surface area (Å²) >= 11 is 0. The molecule has 166 valence electrons. The molecule has 8 nitrogen and oxygen atoms in total. The van der Waals surface area contributed by atoms with Gasteiger partial charge in [0.15, 0.2) is 0 Å². The summed E-state index contributed by atoms with van der Waals surface area (Å²) in [6.07, 6.45) is -4.67. The second-order valence-electron chi connectivity index (χ2n) is 6.80. The molecule has 3 rings (SSSR count). The fraction of sp³-hybridized carbons (Fsp3) is 0.350. The molecular formula is C20H20F3N3O5. The molecule has 1 aliphatic rings. The van der Waals surface area contributed by atoms with Crippen molar-refractivity contribution in [2.24, 2.45) is 0 Å². The largest absolute Gasteiger partial charge is 0.497 e. The number of alkyl halides is 3. The summed E-state index contributed by atoms with van der Waals surface area (Å²) in [4.78, 5) is 26.6. The first kappa shape index (κ1) is 22.2. The molecule has 1 aliphatic heterocycles. The molecule has 1 heterocycles. The number of hydrogen-bond acceptors (Lipinski definition) is 6. The lowest BCUT2D eigenvalue weighted by Crippen LogP contribution is -2.49. The number of nitrogens with zero attached hydrogens (tertiary/aromatic N) is 3. The van der Waals surface area contributed by atoms with Gasteiger partial charge in [0.25, 0.3) is 11.6 Å². The van der Waals surface area contributed by atoms with Crippen molar-refractivity contribution >= 4 is 17.3 Å². The summed E-state index contributed by atoms with van der Waals surface area (Å²) in [6.45, 7) is 0.950. The third kappa shape index (κ3) is 4.65. The zero-order chi connectivity index (χ0) is 22.8. The minimum Gasteiger partial charge on any atom is -0.497 e. The predicted octanol–water partition coefficient (Wildman–Crippen LogP) is 3.59. The van der Waals surface area contributed by atoms with Gasteiger partial charge < -0.3 is 19.3 Å². The molecule has 2 aromatic rings. The number of hydrogen-bond donors (Lipinski definition) is 0. The van der Waals surface area contributed by atoms with Crippen molar-refractivity contribution in [3.05, 3.63) is 57.6 Å². The first-order valence-corrected chi connectivity index (χ1v) is 9.27. The number of carbonyl (C=O) groups is 1. The van der Waals surface area contributed by atoms with Crippen LogP contribution in [0.1, 0.15) is 15.9 Å². The van der Waals surface area contributed by atoms with Crippen LogP contribution in [-0.4, -0.2) is 56.1 Å². The Morgan fingerprint density at radius 3 is 2.26 bits per heavy atom. The van der Waals surface area contributed by atoms with Crippen LogP contribution >= 0.6 is 0 Å². The number of nitro benzene ring substituents is 1. The molecule has 0 bridgehead atoms. The van der Waals surface area contributed by atoms with Gasteiger partial charge in [-0.3, -0.25) is 14.9 Å². The number of halogens is 3. The molecule has 0 atom stereocenters. The van der Waals surface area contributed by atoms with Crippen LogP contribution in [0, 0.1) is 10.1 Å². The minimum atomic E-state index is -4.67. The molecule has 1 amide bonds. The number of rotatable bonds is 5. The van der Waals surface area contributed by atoms with E-state index in [9.17, 15) is 28.1 Å². The van der Waals surface area contributed by atoms with Crippen molar-refractivity contribution in [2.75, 3.05) is 45.3 Å². The summed E-state index contributed by atoms with van der Waals surface area (Å²) in [6, 6.07) is 7.28. The second kappa shape index (κ2) is 8.70. The van der Waals surface area contributed by atoms with Gasteiger partial charge in [-0.15, -0.1) is 0 Å². The van der Waals surface area contributed by atoms with E-state index in [1.54, 1.807) is 28.0 Å². The van der Waals surface area contributed by atoms with Crippen molar-refractivity contribution in [1.82, 2.24) is 4.90 Å². The lowest BCUT2D eigenvalue weighted by molar-refractivity contribution is -0.384. The number of carbonyl (C=O) groups excluding carboxylic acids is 1. The van der Waals surface area contributed by atoms with E-state index >= 15 is 0 Å². The number of piperazine rings is 1. The van der Waals surface area contributed by atoms with Crippen LogP contribution in [0.3, 0.4) is 0 Å². The summed E-state index contributed by atoms with van der Waals surface area (Å²) in [7, 11) is 2.93. The molecule has 0 spiro atoms. The Kier molecular flexibility index (Phi) is 6.23. The van der Waals surface area contributed by atoms with Crippen molar-refractivity contribution < 1.29 is 32.4 Å². The smallest absolute Gasteiger partial charge is 0.416 e. The van der Waals surface area contributed by atoms with Gasteiger partial charge in [0.2, 0.25) is 0 Å². The first-order valence-electron chi connectivity index (χ1n) is 9.27. The Labute approximate surface area is 175 Å². The van der Waals surface area contributed by atoms with Crippen molar-refractivity contribution in [3.63, 3.8) is 0 Å². The van der Waals surface area contributed by atoms with E-state index in [0.29, 0.717) is 23.1 Å². The maximum absolute atomic E-state index is 12.9. The van der Waals surface area contributed by atoms with E-state index < -0.39 is 22.4 Å². The third-order valence-electron chi connectivity index (χ3n) is 5.05. The van der Waals surface area contributed by atoms with E-state index in [2.05, 4.69) is 0 Å². The fourth-order valence-corrected chi connectivity index (χ4v) is 3.41. The Morgan fingerprint density at radius 1 is 1.03 bits per heavy atom. The highest BCUT2D eigenvalue weighted by molar-refractivity contribution is 5.97. The molecule has 0 radical (unpaired) electrons. The Hall–Kier alpha value is -3.50. The van der Waals surface area contributed by atoms with Crippen molar-refractivity contribution in [2.45, 2.75) is 6.18 Å². The third-order valence-corrected chi connectivity index (χ3v) is 5.05. The van der Waals surface area contributed by atoms with Gasteiger partial charge in [0, 0.05) is 38.3 Å². The van der Waals surface area contributed by atoms with Crippen LogP contribution < -0.4 is 14.4 Å². The lowest BCUT2D eigenvalue weighted by atomic mass is 10.1. The average molecular weight is 439 g/mol. The Balaban J connectivity index is 1.77. The van der Waals surface area contributed by atoms with E-state index in [1.807, 2.05) is 0 Å². The van der Waals surface area contributed by atoms with Crippen molar-refractivity contribution in [3.8, 4) is 11.5 Å². The molecule has 0 unspecified atom stereocenters. The quantitative estimate of drug-likeness (QED) is 0.523. The van der Waals surface area contributed by atoms with Crippen molar-refractivity contribution in [1.29, 1.82) is 0 Å². The van der Waals surface area contributed by atoms with Crippen LogP contribution in [0.5, 0.6) is 11.5 Å². The summed E-state index contributed by atoms with van der Waals surface area (Å²) in [5.41, 5.74) is -1.26. The zero-order valence-electron chi connectivity index (χ0n) is 16.8. The Bertz CT molecular complexity index is 989. The van der Waals surface area contributed by atoms with Gasteiger partial charge in [0.05, 0.1) is 30.3 Å². The van der Waals surface area contributed by atoms with Gasteiger partial charge in [-0.05, 0) is 24.3 Å². The van der Waals surface area contributed by atoms with Crippen LogP contribution in [0.25, 0.3) is 0 Å². The number of ether oxygens (including phenoxy) is 2. The fourth-order valence-electron chi connectivity index (χ4n) is 3.41. The van der Waals surface area contributed by atoms with E-state index in [1.165, 1.54) is 14.2 Å². The summed E-state index contributed by atoms with van der Waals surface area (Å²) in [5, 5.41) is 11.3. The Morgan fingerprint density at radius 2 is 1.71 bits per heavy atom. The molecule has 0 aromatic heterocycles. The van der Waals surface area contributed by atoms with E-state index in [4.69, 9.17) is 9.47 Å². The SMILES string of the molecule is COc1ccc(C(=O)N2CCN(c3ccc(C(F)(F)F)cc3[N+](=O)[O-])CC2)c(OC)c1. The average Bonchev–Trinajstić information content (AvgIpc) is 2.77. The van der Waals surface area contributed by atoms with Gasteiger partial charge in [-0.1, -0.05) is 0 Å². The van der Waals surface area contributed by atoms with E-state index in [-0.39, 0.29) is 37.8 Å². The van der Waals surface area contributed by atoms with Crippen LogP contribution in [0.2, 0.25) is 0 Å². The standard InChI is InChI=1S/C20H20F3N3O5/c1-30-14-4-5-15(18(12-14)31-2)19(27)25-9-7-24(8-10-25)16-6-3-13(20(21,22)23)11-17(16)26(28)29/h3-6,11-12H,7-10H2,1-2H3. The molecular weight excluding hydrogens is 419 g/mol. The van der Waals surface area contributed by atoms with Gasteiger partial charge in [-0.25, -0.2) is 0 Å². The number of benzene rings is 2. The van der Waals surface area contributed by atoms with Gasteiger partial charge in [-0.2, -0.15) is 13.2 Å². The number of amides is 1. The normalized spacial score (nSPS) is 14.4. The van der Waals surface area contributed by atoms with Gasteiger partial charge >= 0.3 is 6.18 Å². The van der Waals surface area contributed by atoms with Crippen LogP contribution in [-0.2, 0) is 6.18 Å². The molecule has 11 heteroatoms. The maximum Gasteiger partial charge on any atom is 0.416 e. The number of anilines is 1. The topological polar surface area (TPSA) is 85.2 Å². The molecule has 0 aliphatic carbocycles. The first-order chi connectivity index (χ1) is 14.7. The highest BCUT2D eigenvalue weighted by Gasteiger charge is 2.34. The maximum atomic E-state index is 12.9. The second-order valence-corrected chi connectivity index (χ2v) is 6.80. The highest BCUT2D eigenvalue weighted by atomic mass is 19.4. The van der Waals surface area contributed by atoms with Gasteiger partial charge in [0.1, 0.15) is 17.2 Å². The molecule has 0 saturated carbocycles. The molecule has 31 heavy (non-hydrogen) atoms. The summed E-state index contributed by atoms with van der Waals surface area (Å²) < 4.78 is 49.1. The predicted molar refractivity (Wildman–Crippen MR) is 106 cm³/mol.